The zero-order chi connectivity index (χ0) is 16.4. The third-order valence-electron chi connectivity index (χ3n) is 3.86. The number of aryl methyl sites for hydroxylation is 1. The van der Waals surface area contributed by atoms with Crippen molar-refractivity contribution < 1.29 is 10.2 Å². The average Bonchev–Trinajstić information content (AvgIpc) is 3.03. The van der Waals surface area contributed by atoms with E-state index in [2.05, 4.69) is 15.4 Å². The number of nitrogens with one attached hydrogen (secondary N) is 1. The van der Waals surface area contributed by atoms with Crippen LogP contribution in [0, 0.1) is 0 Å². The molecule has 0 amide bonds. The predicted molar refractivity (Wildman–Crippen MR) is 88.5 cm³/mol. The SMILES string of the molecule is CCc1cc(N[C@H](C)[C@@H](O)c2ccc(O)cc2)n2nccc2n1. The van der Waals surface area contributed by atoms with Gasteiger partial charge in [0.05, 0.1) is 18.3 Å². The third-order valence-corrected chi connectivity index (χ3v) is 3.86. The summed E-state index contributed by atoms with van der Waals surface area (Å²) in [7, 11) is 0. The summed E-state index contributed by atoms with van der Waals surface area (Å²) >= 11 is 0. The van der Waals surface area contributed by atoms with E-state index in [9.17, 15) is 10.2 Å². The van der Waals surface area contributed by atoms with Crippen LogP contribution < -0.4 is 5.32 Å². The van der Waals surface area contributed by atoms with Crippen LogP contribution in [0.1, 0.15) is 31.2 Å². The Morgan fingerprint density at radius 2 is 1.96 bits per heavy atom. The fourth-order valence-corrected chi connectivity index (χ4v) is 2.52. The highest BCUT2D eigenvalue weighted by atomic mass is 16.3. The van der Waals surface area contributed by atoms with Crippen LogP contribution in [-0.4, -0.2) is 30.9 Å². The number of hydrogen-bond acceptors (Lipinski definition) is 5. The van der Waals surface area contributed by atoms with Gasteiger partial charge in [-0.2, -0.15) is 9.61 Å². The van der Waals surface area contributed by atoms with Crippen LogP contribution in [0.25, 0.3) is 5.65 Å². The Kier molecular flexibility index (Phi) is 4.16. The van der Waals surface area contributed by atoms with E-state index < -0.39 is 6.10 Å². The molecule has 0 spiro atoms. The van der Waals surface area contributed by atoms with Gasteiger partial charge in [0, 0.05) is 17.8 Å². The molecule has 0 fully saturated rings. The van der Waals surface area contributed by atoms with Crippen molar-refractivity contribution in [2.24, 2.45) is 0 Å². The number of phenols is 1. The largest absolute Gasteiger partial charge is 0.508 e. The number of phenolic OH excluding ortho intramolecular Hbond substituents is 1. The summed E-state index contributed by atoms with van der Waals surface area (Å²) < 4.78 is 1.72. The Morgan fingerprint density at radius 1 is 1.22 bits per heavy atom. The van der Waals surface area contributed by atoms with Gasteiger partial charge in [0.1, 0.15) is 11.6 Å². The van der Waals surface area contributed by atoms with Crippen LogP contribution in [-0.2, 0) is 6.42 Å². The molecule has 6 nitrogen and oxygen atoms in total. The Bertz CT molecular complexity index is 798. The topological polar surface area (TPSA) is 82.7 Å². The smallest absolute Gasteiger partial charge is 0.157 e. The van der Waals surface area contributed by atoms with E-state index >= 15 is 0 Å². The molecule has 0 aliphatic carbocycles. The highest BCUT2D eigenvalue weighted by Crippen LogP contribution is 2.23. The lowest BCUT2D eigenvalue weighted by molar-refractivity contribution is 0.160. The zero-order valence-corrected chi connectivity index (χ0v) is 13.1. The minimum absolute atomic E-state index is 0.182. The number of anilines is 1. The molecule has 2 atom stereocenters. The number of aromatic hydroxyl groups is 1. The molecule has 2 aromatic heterocycles. The number of fused-ring (bicyclic) bond motifs is 1. The van der Waals surface area contributed by atoms with Crippen molar-refractivity contribution in [2.75, 3.05) is 5.32 Å². The molecule has 23 heavy (non-hydrogen) atoms. The summed E-state index contributed by atoms with van der Waals surface area (Å²) in [6.45, 7) is 3.95. The molecule has 0 radical (unpaired) electrons. The fraction of sp³-hybridized carbons (Fsp3) is 0.294. The molecular weight excluding hydrogens is 292 g/mol. The van der Waals surface area contributed by atoms with Crippen molar-refractivity contribution in [1.82, 2.24) is 14.6 Å². The Labute approximate surface area is 134 Å². The highest BCUT2D eigenvalue weighted by molar-refractivity contribution is 5.49. The number of nitrogens with zero attached hydrogens (tertiary/aromatic N) is 3. The van der Waals surface area contributed by atoms with Gasteiger partial charge in [-0.1, -0.05) is 19.1 Å². The van der Waals surface area contributed by atoms with Gasteiger partial charge in [-0.15, -0.1) is 0 Å². The maximum absolute atomic E-state index is 10.5. The second kappa shape index (κ2) is 6.26. The molecule has 6 heteroatoms. The van der Waals surface area contributed by atoms with E-state index in [1.807, 2.05) is 26.0 Å². The van der Waals surface area contributed by atoms with Crippen molar-refractivity contribution >= 4 is 11.5 Å². The molecule has 2 heterocycles. The van der Waals surface area contributed by atoms with E-state index in [4.69, 9.17) is 0 Å². The molecule has 0 saturated carbocycles. The molecule has 0 aliphatic heterocycles. The molecule has 120 valence electrons. The standard InChI is InChI=1S/C17H20N4O2/c1-3-13-10-16(21-15(20-13)8-9-18-21)19-11(2)17(23)12-4-6-14(22)7-5-12/h4-11,17,19,22-23H,3H2,1-2H3/t11-,17-/m1/s1. The summed E-state index contributed by atoms with van der Waals surface area (Å²) in [4.78, 5) is 4.50. The van der Waals surface area contributed by atoms with Crippen LogP contribution >= 0.6 is 0 Å². The lowest BCUT2D eigenvalue weighted by Gasteiger charge is -2.22. The molecule has 0 bridgehead atoms. The first-order chi connectivity index (χ1) is 11.1. The quantitative estimate of drug-likeness (QED) is 0.674. The van der Waals surface area contributed by atoms with Crippen LogP contribution in [0.3, 0.4) is 0 Å². The van der Waals surface area contributed by atoms with Gasteiger partial charge in [0.15, 0.2) is 5.65 Å². The molecular formula is C17H20N4O2. The normalized spacial score (nSPS) is 13.9. The Balaban J connectivity index is 1.86. The monoisotopic (exact) mass is 312 g/mol. The predicted octanol–water partition coefficient (Wildman–Crippen LogP) is 2.53. The number of rotatable bonds is 5. The molecule has 3 N–H and O–H groups in total. The minimum atomic E-state index is -0.709. The van der Waals surface area contributed by atoms with Crippen molar-refractivity contribution in [3.05, 3.63) is 53.9 Å². The summed E-state index contributed by atoms with van der Waals surface area (Å²) in [5.41, 5.74) is 2.48. The fourth-order valence-electron chi connectivity index (χ4n) is 2.52. The third kappa shape index (κ3) is 3.12. The summed E-state index contributed by atoms with van der Waals surface area (Å²) in [5.74, 6) is 0.976. The molecule has 3 aromatic rings. The number of benzene rings is 1. The number of hydrogen-bond donors (Lipinski definition) is 3. The number of aliphatic hydroxyl groups is 1. The van der Waals surface area contributed by atoms with Gasteiger partial charge >= 0.3 is 0 Å². The van der Waals surface area contributed by atoms with E-state index in [-0.39, 0.29) is 11.8 Å². The second-order valence-corrected chi connectivity index (χ2v) is 5.56. The number of aliphatic hydroxyl groups excluding tert-OH is 1. The lowest BCUT2D eigenvalue weighted by atomic mass is 10.0. The van der Waals surface area contributed by atoms with Crippen molar-refractivity contribution in [2.45, 2.75) is 32.4 Å². The van der Waals surface area contributed by atoms with E-state index in [0.29, 0.717) is 0 Å². The van der Waals surface area contributed by atoms with Gasteiger partial charge < -0.3 is 15.5 Å². The summed E-state index contributed by atoms with van der Waals surface area (Å²) in [5, 5.41) is 27.4. The lowest BCUT2D eigenvalue weighted by Crippen LogP contribution is -2.25. The van der Waals surface area contributed by atoms with E-state index in [0.717, 1.165) is 29.1 Å². The number of aromatic nitrogens is 3. The first-order valence-corrected chi connectivity index (χ1v) is 7.65. The van der Waals surface area contributed by atoms with Gasteiger partial charge in [0.2, 0.25) is 0 Å². The van der Waals surface area contributed by atoms with Crippen molar-refractivity contribution in [3.63, 3.8) is 0 Å². The van der Waals surface area contributed by atoms with Crippen LogP contribution in [0.5, 0.6) is 5.75 Å². The molecule has 3 rings (SSSR count). The van der Waals surface area contributed by atoms with Gasteiger partial charge in [0.25, 0.3) is 0 Å². The minimum Gasteiger partial charge on any atom is -0.508 e. The Morgan fingerprint density at radius 3 is 2.65 bits per heavy atom. The van der Waals surface area contributed by atoms with Crippen LogP contribution in [0.15, 0.2) is 42.6 Å². The molecule has 0 unspecified atom stereocenters. The van der Waals surface area contributed by atoms with Gasteiger partial charge in [-0.25, -0.2) is 4.98 Å². The average molecular weight is 312 g/mol. The first-order valence-electron chi connectivity index (χ1n) is 7.65. The maximum Gasteiger partial charge on any atom is 0.157 e. The summed E-state index contributed by atoms with van der Waals surface area (Å²) in [6, 6.07) is 10.1. The molecule has 0 saturated heterocycles. The second-order valence-electron chi connectivity index (χ2n) is 5.56. The van der Waals surface area contributed by atoms with Gasteiger partial charge in [-0.3, -0.25) is 0 Å². The van der Waals surface area contributed by atoms with Crippen molar-refractivity contribution in [1.29, 1.82) is 0 Å². The van der Waals surface area contributed by atoms with Gasteiger partial charge in [-0.05, 0) is 31.0 Å². The van der Waals surface area contributed by atoms with E-state index in [1.54, 1.807) is 35.0 Å². The van der Waals surface area contributed by atoms with Crippen molar-refractivity contribution in [3.8, 4) is 5.75 Å². The maximum atomic E-state index is 10.5. The highest BCUT2D eigenvalue weighted by Gasteiger charge is 2.18. The van der Waals surface area contributed by atoms with E-state index in [1.165, 1.54) is 0 Å². The van der Waals surface area contributed by atoms with Crippen LogP contribution in [0.4, 0.5) is 5.82 Å². The zero-order valence-electron chi connectivity index (χ0n) is 13.1. The molecule has 0 aliphatic rings. The molecule has 1 aromatic carbocycles. The summed E-state index contributed by atoms with van der Waals surface area (Å²) in [6.07, 6.45) is 1.82. The Hall–Kier alpha value is -2.60. The van der Waals surface area contributed by atoms with Crippen LogP contribution in [0.2, 0.25) is 0 Å². The first kappa shape index (κ1) is 15.3.